The standard InChI is InChI=1S/C47H29N5/c1-3-14-33(15-4-1)42-38-28-26-30-12-7-9-18-36(30)44(38)51-46(49-42)35-24-22-32(23-25-35)40-20-11-21-41(48-40)47-50-43(34-16-5-2-6-17-34)39-29-27-31-13-8-10-19-37(31)45(39)52-47/h1-29H. The van der Waals surface area contributed by atoms with Crippen LogP contribution >= 0.6 is 0 Å². The number of fused-ring (bicyclic) bond motifs is 6. The summed E-state index contributed by atoms with van der Waals surface area (Å²) in [5.74, 6) is 1.27. The molecule has 10 aromatic rings. The Morgan fingerprint density at radius 1 is 0.250 bits per heavy atom. The zero-order chi connectivity index (χ0) is 34.4. The van der Waals surface area contributed by atoms with Crippen LogP contribution in [0.1, 0.15) is 0 Å². The number of rotatable bonds is 5. The van der Waals surface area contributed by atoms with Gasteiger partial charge in [0.25, 0.3) is 0 Å². The van der Waals surface area contributed by atoms with Gasteiger partial charge in [0.05, 0.1) is 28.1 Å². The van der Waals surface area contributed by atoms with Crippen LogP contribution in [0.5, 0.6) is 0 Å². The highest BCUT2D eigenvalue weighted by Crippen LogP contribution is 2.35. The highest BCUT2D eigenvalue weighted by Gasteiger charge is 2.17. The van der Waals surface area contributed by atoms with Crippen molar-refractivity contribution in [3.63, 3.8) is 0 Å². The lowest BCUT2D eigenvalue weighted by Gasteiger charge is -2.12. The van der Waals surface area contributed by atoms with E-state index in [2.05, 4.69) is 121 Å². The smallest absolute Gasteiger partial charge is 0.179 e. The third kappa shape index (κ3) is 5.15. The molecule has 0 N–H and O–H groups in total. The second-order valence-corrected chi connectivity index (χ2v) is 12.9. The van der Waals surface area contributed by atoms with Crippen LogP contribution in [-0.4, -0.2) is 24.9 Å². The highest BCUT2D eigenvalue weighted by atomic mass is 14.9. The molecule has 0 atom stereocenters. The van der Waals surface area contributed by atoms with Crippen molar-refractivity contribution in [2.75, 3.05) is 0 Å². The summed E-state index contributed by atoms with van der Waals surface area (Å²) in [7, 11) is 0. The Hall–Kier alpha value is -7.11. The van der Waals surface area contributed by atoms with Crippen molar-refractivity contribution in [3.8, 4) is 56.7 Å². The number of aromatic nitrogens is 5. The maximum atomic E-state index is 5.15. The quantitative estimate of drug-likeness (QED) is 0.171. The molecule has 0 bridgehead atoms. The molecule has 7 aromatic carbocycles. The Kier molecular flexibility index (Phi) is 7.07. The van der Waals surface area contributed by atoms with Crippen LogP contribution in [-0.2, 0) is 0 Å². The van der Waals surface area contributed by atoms with Crippen molar-refractivity contribution in [1.82, 2.24) is 24.9 Å². The molecule has 5 heteroatoms. The summed E-state index contributed by atoms with van der Waals surface area (Å²) in [6, 6.07) is 60.3. The molecule has 0 aliphatic rings. The molecule has 0 saturated heterocycles. The topological polar surface area (TPSA) is 64.5 Å². The van der Waals surface area contributed by atoms with Crippen LogP contribution in [0.25, 0.3) is 100 Å². The maximum absolute atomic E-state index is 5.15. The Morgan fingerprint density at radius 3 is 1.33 bits per heavy atom. The summed E-state index contributed by atoms with van der Waals surface area (Å²) in [6.07, 6.45) is 0. The number of benzene rings is 7. The average Bonchev–Trinajstić information content (AvgIpc) is 3.23. The van der Waals surface area contributed by atoms with Crippen molar-refractivity contribution in [3.05, 3.63) is 176 Å². The number of hydrogen-bond donors (Lipinski definition) is 0. The van der Waals surface area contributed by atoms with E-state index < -0.39 is 0 Å². The van der Waals surface area contributed by atoms with E-state index in [1.54, 1.807) is 0 Å². The van der Waals surface area contributed by atoms with Gasteiger partial charge in [0.15, 0.2) is 11.6 Å². The first kappa shape index (κ1) is 29.8. The van der Waals surface area contributed by atoms with Gasteiger partial charge in [-0.1, -0.05) is 152 Å². The molecule has 0 saturated carbocycles. The van der Waals surface area contributed by atoms with Crippen LogP contribution in [0, 0.1) is 0 Å². The second kappa shape index (κ2) is 12.3. The molecule has 3 aromatic heterocycles. The zero-order valence-corrected chi connectivity index (χ0v) is 28.0. The van der Waals surface area contributed by atoms with E-state index in [-0.39, 0.29) is 0 Å². The lowest BCUT2D eigenvalue weighted by Crippen LogP contribution is -1.98. The Balaban J connectivity index is 1.07. The normalized spacial score (nSPS) is 11.5. The minimum atomic E-state index is 0.589. The first-order valence-electron chi connectivity index (χ1n) is 17.3. The predicted molar refractivity (Wildman–Crippen MR) is 213 cm³/mol. The van der Waals surface area contributed by atoms with E-state index in [1.165, 1.54) is 0 Å². The molecule has 0 spiro atoms. The SMILES string of the molecule is c1ccc(-c2nc(-c3ccc(-c4cccc(-c5nc(-c6ccccc6)c6ccc7ccccc7c6n5)n4)cc3)nc3c2ccc2ccccc23)cc1. The lowest BCUT2D eigenvalue weighted by molar-refractivity contribution is 1.18. The Morgan fingerprint density at radius 2 is 0.731 bits per heavy atom. The minimum Gasteiger partial charge on any atom is -0.244 e. The van der Waals surface area contributed by atoms with E-state index in [9.17, 15) is 0 Å². The molecule has 52 heavy (non-hydrogen) atoms. The van der Waals surface area contributed by atoms with Gasteiger partial charge in [0, 0.05) is 43.8 Å². The molecule has 3 heterocycles. The van der Waals surface area contributed by atoms with Crippen molar-refractivity contribution in [2.24, 2.45) is 0 Å². The fourth-order valence-corrected chi connectivity index (χ4v) is 7.11. The monoisotopic (exact) mass is 663 g/mol. The number of pyridine rings is 1. The zero-order valence-electron chi connectivity index (χ0n) is 28.0. The van der Waals surface area contributed by atoms with Gasteiger partial charge in [0.1, 0.15) is 5.69 Å². The number of nitrogens with zero attached hydrogens (tertiary/aromatic N) is 5. The average molecular weight is 664 g/mol. The molecule has 0 fully saturated rings. The van der Waals surface area contributed by atoms with Crippen molar-refractivity contribution >= 4 is 43.4 Å². The summed E-state index contributed by atoms with van der Waals surface area (Å²) >= 11 is 0. The molecule has 0 radical (unpaired) electrons. The molecular formula is C47H29N5. The summed E-state index contributed by atoms with van der Waals surface area (Å²) < 4.78 is 0. The predicted octanol–water partition coefficient (Wildman–Crippen LogP) is 11.6. The van der Waals surface area contributed by atoms with Gasteiger partial charge in [0.2, 0.25) is 0 Å². The van der Waals surface area contributed by atoms with Crippen LogP contribution in [0.4, 0.5) is 0 Å². The number of hydrogen-bond acceptors (Lipinski definition) is 5. The van der Waals surface area contributed by atoms with Gasteiger partial charge in [-0.3, -0.25) is 0 Å². The largest absolute Gasteiger partial charge is 0.244 e. The van der Waals surface area contributed by atoms with E-state index >= 15 is 0 Å². The van der Waals surface area contributed by atoms with Crippen LogP contribution < -0.4 is 0 Å². The van der Waals surface area contributed by atoms with Gasteiger partial charge in [-0.25, -0.2) is 24.9 Å². The van der Waals surface area contributed by atoms with E-state index in [0.717, 1.165) is 82.7 Å². The minimum absolute atomic E-state index is 0.589. The lowest BCUT2D eigenvalue weighted by atomic mass is 10.0. The first-order valence-corrected chi connectivity index (χ1v) is 17.3. The third-order valence-electron chi connectivity index (χ3n) is 9.69. The van der Waals surface area contributed by atoms with E-state index in [0.29, 0.717) is 17.3 Å². The second-order valence-electron chi connectivity index (χ2n) is 12.9. The van der Waals surface area contributed by atoms with Crippen molar-refractivity contribution in [2.45, 2.75) is 0 Å². The molecule has 5 nitrogen and oxygen atoms in total. The molecule has 242 valence electrons. The summed E-state index contributed by atoms with van der Waals surface area (Å²) in [4.78, 5) is 25.7. The van der Waals surface area contributed by atoms with Gasteiger partial charge in [-0.05, 0) is 35.0 Å². The van der Waals surface area contributed by atoms with Crippen molar-refractivity contribution < 1.29 is 0 Å². The van der Waals surface area contributed by atoms with E-state index in [1.807, 2.05) is 54.6 Å². The Labute approximate surface area is 300 Å². The third-order valence-corrected chi connectivity index (χ3v) is 9.69. The molecular weight excluding hydrogens is 635 g/mol. The van der Waals surface area contributed by atoms with Crippen LogP contribution in [0.3, 0.4) is 0 Å². The molecule has 0 aliphatic heterocycles. The van der Waals surface area contributed by atoms with Gasteiger partial charge in [-0.2, -0.15) is 0 Å². The van der Waals surface area contributed by atoms with Gasteiger partial charge in [-0.15, -0.1) is 0 Å². The summed E-state index contributed by atoms with van der Waals surface area (Å²) in [6.45, 7) is 0. The molecule has 0 aliphatic carbocycles. The first-order chi connectivity index (χ1) is 25.8. The fourth-order valence-electron chi connectivity index (χ4n) is 7.11. The molecule has 0 unspecified atom stereocenters. The van der Waals surface area contributed by atoms with Gasteiger partial charge >= 0.3 is 0 Å². The highest BCUT2D eigenvalue weighted by molar-refractivity contribution is 6.10. The molecule has 10 rings (SSSR count). The maximum Gasteiger partial charge on any atom is 0.179 e. The summed E-state index contributed by atoms with van der Waals surface area (Å²) in [5, 5.41) is 6.54. The van der Waals surface area contributed by atoms with Crippen molar-refractivity contribution in [1.29, 1.82) is 0 Å². The fraction of sp³-hybridized carbons (Fsp3) is 0. The van der Waals surface area contributed by atoms with Crippen LogP contribution in [0.2, 0.25) is 0 Å². The Bertz CT molecular complexity index is 2940. The van der Waals surface area contributed by atoms with Crippen LogP contribution in [0.15, 0.2) is 176 Å². The molecule has 0 amide bonds. The van der Waals surface area contributed by atoms with Gasteiger partial charge < -0.3 is 0 Å². The summed E-state index contributed by atoms with van der Waals surface area (Å²) in [5.41, 5.74) is 9.23. The van der Waals surface area contributed by atoms with E-state index in [4.69, 9.17) is 24.9 Å².